The number of aromatic nitrogens is 3. The maximum absolute atomic E-state index is 14.5. The van der Waals surface area contributed by atoms with E-state index in [1.54, 1.807) is 37.4 Å². The lowest BCUT2D eigenvalue weighted by molar-refractivity contribution is -0.136. The maximum atomic E-state index is 14.5. The molecule has 5 heterocycles. The number of imide groups is 2. The van der Waals surface area contributed by atoms with E-state index < -0.39 is 35.3 Å². The van der Waals surface area contributed by atoms with Gasteiger partial charge >= 0.3 is 0 Å². The first-order valence-corrected chi connectivity index (χ1v) is 22.1. The Balaban J connectivity index is 0.715. The Bertz CT molecular complexity index is 2420. The van der Waals surface area contributed by atoms with E-state index in [0.29, 0.717) is 58.1 Å². The molecule has 2 aromatic carbocycles. The zero-order valence-electron chi connectivity index (χ0n) is 35.7. The largest absolute Gasteiger partial charge is 0.494 e. The summed E-state index contributed by atoms with van der Waals surface area (Å²) >= 11 is 0. The Hall–Kier alpha value is -5.70. The van der Waals surface area contributed by atoms with E-state index in [2.05, 4.69) is 36.7 Å². The highest BCUT2D eigenvalue weighted by molar-refractivity contribution is 6.25. The highest BCUT2D eigenvalue weighted by Gasteiger charge is 2.47. The number of nitrogens with one attached hydrogen (secondary N) is 3. The second kappa shape index (κ2) is 16.5. The second-order valence-corrected chi connectivity index (χ2v) is 18.7. The lowest BCUT2D eigenvalue weighted by Crippen LogP contribution is -2.54. The third-order valence-corrected chi connectivity index (χ3v) is 14.1. The minimum Gasteiger partial charge on any atom is -0.494 e. The number of piperidine rings is 2. The molecule has 3 N–H and O–H groups in total. The van der Waals surface area contributed by atoms with Gasteiger partial charge in [-0.15, -0.1) is 0 Å². The van der Waals surface area contributed by atoms with Crippen molar-refractivity contribution in [2.45, 2.75) is 102 Å². The molecular formula is C47H55FN8O6. The molecule has 2 saturated carbocycles. The van der Waals surface area contributed by atoms with E-state index in [4.69, 9.17) is 9.84 Å². The summed E-state index contributed by atoms with van der Waals surface area (Å²) in [7, 11) is 1.56. The topological polar surface area (TPSA) is 168 Å². The monoisotopic (exact) mass is 846 g/mol. The number of fused-ring (bicyclic) bond motifs is 2. The highest BCUT2D eigenvalue weighted by atomic mass is 19.1. The summed E-state index contributed by atoms with van der Waals surface area (Å²) in [6.45, 7) is 6.94. The molecule has 326 valence electrons. The Morgan fingerprint density at radius 2 is 1.71 bits per heavy atom. The molecule has 4 fully saturated rings. The fraction of sp³-hybridized carbons (Fsp3) is 0.511. The molecule has 14 nitrogen and oxygen atoms in total. The molecule has 2 aromatic heterocycles. The van der Waals surface area contributed by atoms with Crippen LogP contribution in [-0.2, 0) is 15.3 Å². The Morgan fingerprint density at radius 1 is 0.952 bits per heavy atom. The van der Waals surface area contributed by atoms with Gasteiger partial charge in [0.15, 0.2) is 0 Å². The van der Waals surface area contributed by atoms with Crippen LogP contribution in [0.25, 0.3) is 10.9 Å². The van der Waals surface area contributed by atoms with Gasteiger partial charge in [-0.25, -0.2) is 9.37 Å². The number of nitrogens with zero attached hydrogens (tertiary/aromatic N) is 5. The van der Waals surface area contributed by atoms with Gasteiger partial charge in [0, 0.05) is 42.8 Å². The van der Waals surface area contributed by atoms with Crippen molar-refractivity contribution in [1.29, 1.82) is 0 Å². The molecule has 0 bridgehead atoms. The van der Waals surface area contributed by atoms with Crippen molar-refractivity contribution >= 4 is 51.8 Å². The number of hydrogen-bond acceptors (Lipinski definition) is 10. The van der Waals surface area contributed by atoms with Crippen molar-refractivity contribution in [2.24, 2.45) is 17.3 Å². The van der Waals surface area contributed by atoms with E-state index >= 15 is 0 Å². The lowest BCUT2D eigenvalue weighted by atomic mass is 9.57. The normalized spacial score (nSPS) is 23.0. The van der Waals surface area contributed by atoms with Gasteiger partial charge in [-0.1, -0.05) is 12.1 Å². The fourth-order valence-electron chi connectivity index (χ4n) is 10.6. The number of rotatable bonds is 12. The van der Waals surface area contributed by atoms with Gasteiger partial charge in [0.25, 0.3) is 17.7 Å². The van der Waals surface area contributed by atoms with E-state index in [1.807, 2.05) is 18.2 Å². The van der Waals surface area contributed by atoms with Crippen LogP contribution in [0.3, 0.4) is 0 Å². The van der Waals surface area contributed by atoms with Crippen LogP contribution in [0.2, 0.25) is 0 Å². The molecule has 1 atom stereocenters. The van der Waals surface area contributed by atoms with Crippen molar-refractivity contribution in [3.8, 4) is 5.75 Å². The van der Waals surface area contributed by atoms with Crippen LogP contribution in [0.1, 0.15) is 127 Å². The van der Waals surface area contributed by atoms with Crippen LogP contribution >= 0.6 is 0 Å². The number of alkyl halides is 1. The Morgan fingerprint density at radius 3 is 2.44 bits per heavy atom. The molecule has 4 aromatic rings. The number of anilines is 2. The van der Waals surface area contributed by atoms with Gasteiger partial charge in [-0.2, -0.15) is 5.10 Å². The average molecular weight is 847 g/mol. The van der Waals surface area contributed by atoms with Crippen molar-refractivity contribution < 1.29 is 33.1 Å². The summed E-state index contributed by atoms with van der Waals surface area (Å²) in [6, 6.07) is 13.0. The van der Waals surface area contributed by atoms with E-state index in [-0.39, 0.29) is 30.1 Å². The first kappa shape index (κ1) is 41.6. The third kappa shape index (κ3) is 8.18. The Kier molecular flexibility index (Phi) is 11.1. The summed E-state index contributed by atoms with van der Waals surface area (Å²) in [5.41, 5.74) is 1.61. The maximum Gasteiger partial charge on any atom is 0.274 e. The predicted molar refractivity (Wildman–Crippen MR) is 231 cm³/mol. The van der Waals surface area contributed by atoms with Crippen LogP contribution in [0, 0.1) is 17.3 Å². The first-order valence-electron chi connectivity index (χ1n) is 22.1. The average Bonchev–Trinajstić information content (AvgIpc) is 3.77. The second-order valence-electron chi connectivity index (χ2n) is 18.7. The summed E-state index contributed by atoms with van der Waals surface area (Å²) in [5.74, 6) is -0.628. The van der Waals surface area contributed by atoms with E-state index in [0.717, 1.165) is 67.5 Å². The van der Waals surface area contributed by atoms with Crippen molar-refractivity contribution in [3.63, 3.8) is 0 Å². The van der Waals surface area contributed by atoms with Crippen molar-refractivity contribution in [3.05, 3.63) is 77.2 Å². The van der Waals surface area contributed by atoms with Crippen molar-refractivity contribution in [1.82, 2.24) is 29.9 Å². The molecule has 2 aliphatic carbocycles. The summed E-state index contributed by atoms with van der Waals surface area (Å²) in [6.07, 6.45) is 12.6. The highest BCUT2D eigenvalue weighted by Crippen LogP contribution is 2.54. The fourth-order valence-corrected chi connectivity index (χ4v) is 10.6. The van der Waals surface area contributed by atoms with E-state index in [9.17, 15) is 28.4 Å². The van der Waals surface area contributed by atoms with Crippen LogP contribution in [0.5, 0.6) is 5.75 Å². The van der Waals surface area contributed by atoms with Crippen LogP contribution in [-0.4, -0.2) is 93.4 Å². The van der Waals surface area contributed by atoms with Crippen LogP contribution < -0.4 is 20.7 Å². The molecule has 5 aliphatic rings. The molecule has 15 heteroatoms. The predicted octanol–water partition coefficient (Wildman–Crippen LogP) is 7.02. The molecule has 0 radical (unpaired) electrons. The van der Waals surface area contributed by atoms with Gasteiger partial charge in [0.05, 0.1) is 41.2 Å². The Labute approximate surface area is 360 Å². The summed E-state index contributed by atoms with van der Waals surface area (Å²) in [5, 5.41) is 14.4. The summed E-state index contributed by atoms with van der Waals surface area (Å²) < 4.78 is 22.2. The lowest BCUT2D eigenvalue weighted by Gasteiger charge is -2.53. The molecule has 1 unspecified atom stereocenters. The SMILES string of the molecule is COc1cc2nn([C@H]3CC[C@H](CN4CCC5(CC4)CC(CCNc4cccc6c4C(=O)N(C4CCC(=O)NC4=O)C6=O)C5)CC3)cc2cc1NC(=O)c1cccc(C(C)(C)F)n1. The van der Waals surface area contributed by atoms with Crippen LogP contribution in [0.4, 0.5) is 15.8 Å². The molecule has 62 heavy (non-hydrogen) atoms. The molecule has 1 spiro atoms. The number of pyridine rings is 1. The van der Waals surface area contributed by atoms with E-state index in [1.165, 1.54) is 39.5 Å². The number of ether oxygens (including phenoxy) is 1. The number of carbonyl (C=O) groups excluding carboxylic acids is 5. The zero-order chi connectivity index (χ0) is 43.3. The molecule has 3 aliphatic heterocycles. The van der Waals surface area contributed by atoms with Gasteiger partial charge < -0.3 is 20.3 Å². The minimum absolute atomic E-state index is 0.0925. The van der Waals surface area contributed by atoms with Gasteiger partial charge in [-0.3, -0.25) is 38.9 Å². The quantitative estimate of drug-likeness (QED) is 0.126. The third-order valence-electron chi connectivity index (χ3n) is 14.1. The van der Waals surface area contributed by atoms with Crippen LogP contribution in [0.15, 0.2) is 54.7 Å². The number of halogens is 1. The standard InChI is InChI=1S/C47H55FN8O6/c1-46(2,48)39-9-5-8-34(50-39)42(58)51-36-22-30-27-55(53-35(30)23-38(36)62-3)31-12-10-28(11-13-31)26-54-20-17-47(18-21-54)24-29(25-47)16-19-49-33-7-4-6-32-41(33)45(61)56(44(32)60)37-14-15-40(57)52-43(37)59/h4-9,22-23,27-29,31,37,49H,10-21,24-26H2,1-3H3,(H,51,58)(H,52,57,59)/t28-,31-,37?. The first-order chi connectivity index (χ1) is 29.8. The minimum atomic E-state index is -1.67. The summed E-state index contributed by atoms with van der Waals surface area (Å²) in [4.78, 5) is 71.9. The number of carbonyl (C=O) groups is 5. The van der Waals surface area contributed by atoms with Gasteiger partial charge in [0.1, 0.15) is 23.2 Å². The molecule has 9 rings (SSSR count). The smallest absolute Gasteiger partial charge is 0.274 e. The number of benzene rings is 2. The molecule has 5 amide bonds. The molecular weight excluding hydrogens is 792 g/mol. The number of amides is 5. The zero-order valence-corrected chi connectivity index (χ0v) is 35.7. The van der Waals surface area contributed by atoms with Gasteiger partial charge in [0.2, 0.25) is 11.8 Å². The number of likely N-dealkylation sites (tertiary alicyclic amines) is 1. The van der Waals surface area contributed by atoms with Crippen molar-refractivity contribution in [2.75, 3.05) is 43.9 Å². The number of methoxy groups -OCH3 is 1. The molecule has 2 saturated heterocycles. The number of hydrogen-bond donors (Lipinski definition) is 3. The van der Waals surface area contributed by atoms with Gasteiger partial charge in [-0.05, 0) is 139 Å².